The van der Waals surface area contributed by atoms with Crippen LogP contribution >= 0.6 is 11.6 Å². The quantitative estimate of drug-likeness (QED) is 0.837. The van der Waals surface area contributed by atoms with Gasteiger partial charge in [-0.1, -0.05) is 11.6 Å². The summed E-state index contributed by atoms with van der Waals surface area (Å²) in [6.45, 7) is 1.61. The second kappa shape index (κ2) is 7.72. The molecule has 4 rings (SSSR count). The van der Waals surface area contributed by atoms with Crippen LogP contribution in [0.3, 0.4) is 0 Å². The fourth-order valence-corrected chi connectivity index (χ4v) is 3.51. The fourth-order valence-electron chi connectivity index (χ4n) is 3.31. The number of hydrogen-bond donors (Lipinski definition) is 1. The number of aromatic nitrogens is 4. The Morgan fingerprint density at radius 1 is 1.35 bits per heavy atom. The molecule has 1 N–H and O–H groups in total. The monoisotopic (exact) mass is 375 g/mol. The molecule has 26 heavy (non-hydrogen) atoms. The Bertz CT molecular complexity index is 784. The predicted molar refractivity (Wildman–Crippen MR) is 97.5 cm³/mol. The van der Waals surface area contributed by atoms with Crippen LogP contribution in [-0.2, 0) is 9.53 Å². The Balaban J connectivity index is 1.42. The van der Waals surface area contributed by atoms with Gasteiger partial charge < -0.3 is 10.1 Å². The van der Waals surface area contributed by atoms with Gasteiger partial charge in [0.1, 0.15) is 0 Å². The molecule has 1 aromatic heterocycles. The highest BCUT2D eigenvalue weighted by molar-refractivity contribution is 6.32. The molecule has 0 bridgehead atoms. The smallest absolute Gasteiger partial charge is 0.224 e. The summed E-state index contributed by atoms with van der Waals surface area (Å²) in [6.07, 6.45) is 5.76. The number of hydrogen-bond acceptors (Lipinski definition) is 5. The average molecular weight is 376 g/mol. The van der Waals surface area contributed by atoms with Crippen LogP contribution in [0.25, 0.3) is 5.69 Å². The molecule has 1 saturated carbocycles. The van der Waals surface area contributed by atoms with Crippen LogP contribution < -0.4 is 5.32 Å². The molecule has 8 heteroatoms. The average Bonchev–Trinajstić information content (AvgIpc) is 3.39. The van der Waals surface area contributed by atoms with Crippen molar-refractivity contribution in [1.29, 1.82) is 0 Å². The molecule has 1 unspecified atom stereocenters. The molecule has 2 heterocycles. The Labute approximate surface area is 157 Å². The molecular weight excluding hydrogens is 354 g/mol. The normalized spacial score (nSPS) is 20.1. The lowest BCUT2D eigenvalue weighted by Crippen LogP contribution is -2.20. The number of nitrogens with one attached hydrogen (secondary N) is 1. The van der Waals surface area contributed by atoms with E-state index in [-0.39, 0.29) is 5.91 Å². The molecule has 2 aliphatic rings. The maximum Gasteiger partial charge on any atom is 0.224 e. The number of tetrazole rings is 1. The Hall–Kier alpha value is -1.99. The Morgan fingerprint density at radius 3 is 3.00 bits per heavy atom. The van der Waals surface area contributed by atoms with Gasteiger partial charge in [0.15, 0.2) is 5.82 Å². The summed E-state index contributed by atoms with van der Waals surface area (Å²) < 4.78 is 7.15. The van der Waals surface area contributed by atoms with Crippen molar-refractivity contribution >= 4 is 23.2 Å². The summed E-state index contributed by atoms with van der Waals surface area (Å²) in [4.78, 5) is 12.3. The van der Waals surface area contributed by atoms with E-state index in [1.54, 1.807) is 16.8 Å². The number of carbonyl (C=O) groups excluding carboxylic acids is 1. The van der Waals surface area contributed by atoms with E-state index >= 15 is 0 Å². The zero-order valence-electron chi connectivity index (χ0n) is 14.5. The van der Waals surface area contributed by atoms with Crippen LogP contribution in [0.2, 0.25) is 5.02 Å². The topological polar surface area (TPSA) is 81.9 Å². The molecular formula is C18H22ClN5O2. The van der Waals surface area contributed by atoms with Gasteiger partial charge >= 0.3 is 0 Å². The van der Waals surface area contributed by atoms with Gasteiger partial charge in [-0.15, -0.1) is 5.10 Å². The lowest BCUT2D eigenvalue weighted by Gasteiger charge is -2.21. The van der Waals surface area contributed by atoms with E-state index in [1.165, 1.54) is 0 Å². The molecule has 0 spiro atoms. The van der Waals surface area contributed by atoms with E-state index in [1.807, 2.05) is 6.07 Å². The molecule has 1 aliphatic carbocycles. The maximum absolute atomic E-state index is 12.3. The highest BCUT2D eigenvalue weighted by atomic mass is 35.5. The first kappa shape index (κ1) is 17.4. The van der Waals surface area contributed by atoms with Gasteiger partial charge in [-0.3, -0.25) is 4.79 Å². The SMILES string of the molecule is O=C(CCC1CCCOC1)Nc1ccc(Cl)c(-n2nnnc2C2CC2)c1. The Morgan fingerprint density at radius 2 is 2.23 bits per heavy atom. The number of amides is 1. The van der Waals surface area contributed by atoms with Gasteiger partial charge in [-0.05, 0) is 66.6 Å². The van der Waals surface area contributed by atoms with Crippen molar-refractivity contribution < 1.29 is 9.53 Å². The van der Waals surface area contributed by atoms with E-state index in [9.17, 15) is 4.79 Å². The van der Waals surface area contributed by atoms with Crippen molar-refractivity contribution in [2.45, 2.75) is 44.4 Å². The van der Waals surface area contributed by atoms with Crippen molar-refractivity contribution in [2.75, 3.05) is 18.5 Å². The summed E-state index contributed by atoms with van der Waals surface area (Å²) >= 11 is 6.34. The van der Waals surface area contributed by atoms with Crippen LogP contribution in [0.5, 0.6) is 0 Å². The minimum absolute atomic E-state index is 0.00276. The summed E-state index contributed by atoms with van der Waals surface area (Å²) in [5.41, 5.74) is 1.39. The van der Waals surface area contributed by atoms with E-state index < -0.39 is 0 Å². The second-order valence-electron chi connectivity index (χ2n) is 7.06. The van der Waals surface area contributed by atoms with E-state index in [2.05, 4.69) is 20.8 Å². The van der Waals surface area contributed by atoms with E-state index in [0.29, 0.717) is 34.7 Å². The van der Waals surface area contributed by atoms with Gasteiger partial charge in [0, 0.05) is 31.2 Å². The first-order valence-corrected chi connectivity index (χ1v) is 9.54. The molecule has 0 radical (unpaired) electrons. The fraction of sp³-hybridized carbons (Fsp3) is 0.556. The lowest BCUT2D eigenvalue weighted by molar-refractivity contribution is -0.116. The second-order valence-corrected chi connectivity index (χ2v) is 7.47. The third-order valence-electron chi connectivity index (χ3n) is 4.93. The lowest BCUT2D eigenvalue weighted by atomic mass is 9.97. The zero-order chi connectivity index (χ0) is 17.9. The summed E-state index contributed by atoms with van der Waals surface area (Å²) in [7, 11) is 0. The van der Waals surface area contributed by atoms with Crippen molar-refractivity contribution in [2.24, 2.45) is 5.92 Å². The molecule has 1 aliphatic heterocycles. The number of anilines is 1. The van der Waals surface area contributed by atoms with Gasteiger partial charge in [-0.2, -0.15) is 4.68 Å². The predicted octanol–water partition coefficient (Wildman–Crippen LogP) is 3.34. The number of rotatable bonds is 6. The minimum Gasteiger partial charge on any atom is -0.381 e. The van der Waals surface area contributed by atoms with Crippen LogP contribution in [-0.4, -0.2) is 39.3 Å². The first-order chi connectivity index (χ1) is 12.7. The highest BCUT2D eigenvalue weighted by Crippen LogP contribution is 2.40. The third-order valence-corrected chi connectivity index (χ3v) is 5.25. The molecule has 1 aromatic carbocycles. The zero-order valence-corrected chi connectivity index (χ0v) is 15.3. The third kappa shape index (κ3) is 4.04. The van der Waals surface area contributed by atoms with Crippen LogP contribution in [0, 0.1) is 5.92 Å². The highest BCUT2D eigenvalue weighted by Gasteiger charge is 2.30. The van der Waals surface area contributed by atoms with E-state index in [4.69, 9.17) is 16.3 Å². The number of carbonyl (C=O) groups is 1. The largest absolute Gasteiger partial charge is 0.381 e. The first-order valence-electron chi connectivity index (χ1n) is 9.16. The van der Waals surface area contributed by atoms with Crippen LogP contribution in [0.1, 0.15) is 50.3 Å². The van der Waals surface area contributed by atoms with E-state index in [0.717, 1.165) is 51.1 Å². The molecule has 2 aromatic rings. The number of benzene rings is 1. The number of halogens is 1. The van der Waals surface area contributed by atoms with Gasteiger partial charge in [0.25, 0.3) is 0 Å². The van der Waals surface area contributed by atoms with Crippen molar-refractivity contribution in [3.8, 4) is 5.69 Å². The van der Waals surface area contributed by atoms with Gasteiger partial charge in [0.2, 0.25) is 5.91 Å². The molecule has 1 amide bonds. The number of ether oxygens (including phenoxy) is 1. The summed E-state index contributed by atoms with van der Waals surface area (Å²) in [6, 6.07) is 5.39. The van der Waals surface area contributed by atoms with Crippen LogP contribution in [0.15, 0.2) is 18.2 Å². The Kier molecular flexibility index (Phi) is 5.17. The summed E-state index contributed by atoms with van der Waals surface area (Å²) in [5.74, 6) is 1.71. The van der Waals surface area contributed by atoms with Gasteiger partial charge in [-0.25, -0.2) is 0 Å². The van der Waals surface area contributed by atoms with Gasteiger partial charge in [0.05, 0.1) is 10.7 Å². The molecule has 1 atom stereocenters. The maximum atomic E-state index is 12.3. The standard InChI is InChI=1S/C18H22ClN5O2/c19-15-7-6-14(20-17(25)8-3-12-2-1-9-26-11-12)10-16(15)24-18(13-4-5-13)21-22-23-24/h6-7,10,12-13H,1-5,8-9,11H2,(H,20,25). The molecule has 2 fully saturated rings. The van der Waals surface area contributed by atoms with Crippen LogP contribution in [0.4, 0.5) is 5.69 Å². The minimum atomic E-state index is 0.00276. The molecule has 138 valence electrons. The summed E-state index contributed by atoms with van der Waals surface area (Å²) in [5, 5.41) is 15.5. The molecule has 7 nitrogen and oxygen atoms in total. The number of nitrogens with zero attached hydrogens (tertiary/aromatic N) is 4. The molecule has 1 saturated heterocycles. The van der Waals surface area contributed by atoms with Crippen molar-refractivity contribution in [3.63, 3.8) is 0 Å². The van der Waals surface area contributed by atoms with Crippen molar-refractivity contribution in [1.82, 2.24) is 20.2 Å². The van der Waals surface area contributed by atoms with Crippen molar-refractivity contribution in [3.05, 3.63) is 29.0 Å².